The molecule has 1 aromatic carbocycles. The first-order chi connectivity index (χ1) is 11.6. The molecule has 0 saturated carbocycles. The summed E-state index contributed by atoms with van der Waals surface area (Å²) in [6, 6.07) is 9.07. The number of cyclic esters (lactones) is 1. The number of aliphatic hydroxyl groups excluding tert-OH is 4. The van der Waals surface area contributed by atoms with Gasteiger partial charge in [0.2, 0.25) is 5.76 Å². The van der Waals surface area contributed by atoms with Gasteiger partial charge in [0.15, 0.2) is 11.9 Å². The first-order valence-corrected chi connectivity index (χ1v) is 7.39. The highest BCUT2D eigenvalue weighted by atomic mass is 16.6. The van der Waals surface area contributed by atoms with Crippen molar-refractivity contribution >= 4 is 5.97 Å². The number of hydrogen-bond acceptors (Lipinski definition) is 8. The molecule has 0 bridgehead atoms. The van der Waals surface area contributed by atoms with Gasteiger partial charge in [0.05, 0.1) is 13.2 Å². The molecular weight excluding hydrogens is 320 g/mol. The SMILES string of the molecule is O=C1OC(C(O)CO)C(OCC(O)CO)=C1OCc1ccccc1. The van der Waals surface area contributed by atoms with Crippen LogP contribution in [0.25, 0.3) is 0 Å². The minimum atomic E-state index is -1.40. The predicted octanol–water partition coefficient (Wildman–Crippen LogP) is -0.937. The Morgan fingerprint density at radius 2 is 1.79 bits per heavy atom. The van der Waals surface area contributed by atoms with Crippen LogP contribution in [-0.4, -0.2) is 64.5 Å². The summed E-state index contributed by atoms with van der Waals surface area (Å²) >= 11 is 0. The summed E-state index contributed by atoms with van der Waals surface area (Å²) < 4.78 is 15.7. The Labute approximate surface area is 138 Å². The lowest BCUT2D eigenvalue weighted by molar-refractivity contribution is -0.149. The number of esters is 1. The van der Waals surface area contributed by atoms with E-state index in [2.05, 4.69) is 0 Å². The second-order valence-corrected chi connectivity index (χ2v) is 5.19. The van der Waals surface area contributed by atoms with Crippen LogP contribution >= 0.6 is 0 Å². The van der Waals surface area contributed by atoms with Crippen LogP contribution in [0.3, 0.4) is 0 Å². The van der Waals surface area contributed by atoms with Gasteiger partial charge in [-0.1, -0.05) is 30.3 Å². The largest absolute Gasteiger partial charge is 0.487 e. The average Bonchev–Trinajstić information content (AvgIpc) is 2.93. The molecule has 8 heteroatoms. The minimum Gasteiger partial charge on any atom is -0.487 e. The lowest BCUT2D eigenvalue weighted by Crippen LogP contribution is -2.33. The van der Waals surface area contributed by atoms with Gasteiger partial charge in [0, 0.05) is 0 Å². The highest BCUT2D eigenvalue weighted by Gasteiger charge is 2.42. The fourth-order valence-corrected chi connectivity index (χ4v) is 2.05. The molecule has 2 rings (SSSR count). The summed E-state index contributed by atoms with van der Waals surface area (Å²) in [5.74, 6) is -1.19. The molecule has 3 atom stereocenters. The summed E-state index contributed by atoms with van der Waals surface area (Å²) in [6.45, 7) is -1.44. The topological polar surface area (TPSA) is 126 Å². The van der Waals surface area contributed by atoms with Crippen molar-refractivity contribution in [3.63, 3.8) is 0 Å². The summed E-state index contributed by atoms with van der Waals surface area (Å²) in [7, 11) is 0. The van der Waals surface area contributed by atoms with Crippen LogP contribution in [0.4, 0.5) is 0 Å². The second kappa shape index (κ2) is 8.65. The Balaban J connectivity index is 2.16. The molecule has 1 aromatic rings. The Bertz CT molecular complexity index is 571. The number of benzene rings is 1. The zero-order chi connectivity index (χ0) is 17.5. The van der Waals surface area contributed by atoms with Crippen molar-refractivity contribution in [2.75, 3.05) is 19.8 Å². The van der Waals surface area contributed by atoms with Crippen LogP contribution in [0.1, 0.15) is 5.56 Å². The number of rotatable bonds is 9. The number of aliphatic hydroxyl groups is 4. The third kappa shape index (κ3) is 4.45. The molecule has 0 spiro atoms. The Morgan fingerprint density at radius 3 is 2.42 bits per heavy atom. The summed E-state index contributed by atoms with van der Waals surface area (Å²) in [5.41, 5.74) is 0.804. The minimum absolute atomic E-state index is 0.0721. The van der Waals surface area contributed by atoms with Gasteiger partial charge in [-0.05, 0) is 5.56 Å². The smallest absolute Gasteiger partial charge is 0.378 e. The van der Waals surface area contributed by atoms with Gasteiger partial charge in [-0.15, -0.1) is 0 Å². The zero-order valence-corrected chi connectivity index (χ0v) is 12.9. The third-order valence-electron chi connectivity index (χ3n) is 3.31. The molecule has 0 radical (unpaired) electrons. The first-order valence-electron chi connectivity index (χ1n) is 7.39. The maximum absolute atomic E-state index is 12.0. The predicted molar refractivity (Wildman–Crippen MR) is 80.3 cm³/mol. The monoisotopic (exact) mass is 340 g/mol. The maximum Gasteiger partial charge on any atom is 0.378 e. The van der Waals surface area contributed by atoms with Gasteiger partial charge in [-0.25, -0.2) is 4.79 Å². The van der Waals surface area contributed by atoms with E-state index in [1.165, 1.54) is 0 Å². The summed E-state index contributed by atoms with van der Waals surface area (Å²) in [4.78, 5) is 12.0. The standard InChI is InChI=1S/C16H20O8/c17-6-11(19)9-23-14-13(12(20)7-18)24-16(21)15(14)22-8-10-4-2-1-3-5-10/h1-5,11-13,17-20H,6-9H2. The van der Waals surface area contributed by atoms with Crippen molar-refractivity contribution in [2.45, 2.75) is 24.9 Å². The van der Waals surface area contributed by atoms with E-state index < -0.39 is 37.5 Å². The van der Waals surface area contributed by atoms with Crippen LogP contribution < -0.4 is 0 Å². The molecule has 132 valence electrons. The molecular formula is C16H20O8. The van der Waals surface area contributed by atoms with Crippen LogP contribution in [0.2, 0.25) is 0 Å². The van der Waals surface area contributed by atoms with Gasteiger partial charge in [-0.2, -0.15) is 0 Å². The van der Waals surface area contributed by atoms with Crippen LogP contribution in [0, 0.1) is 0 Å². The normalized spacial score (nSPS) is 19.8. The summed E-state index contributed by atoms with van der Waals surface area (Å²) in [6.07, 6.45) is -3.80. The van der Waals surface area contributed by atoms with E-state index in [1.54, 1.807) is 12.1 Å². The molecule has 0 saturated heterocycles. The molecule has 0 aliphatic carbocycles. The molecule has 8 nitrogen and oxygen atoms in total. The van der Waals surface area contributed by atoms with Crippen molar-refractivity contribution in [3.8, 4) is 0 Å². The van der Waals surface area contributed by atoms with Crippen molar-refractivity contribution in [1.82, 2.24) is 0 Å². The maximum atomic E-state index is 12.0. The van der Waals surface area contributed by atoms with Crippen LogP contribution in [0.5, 0.6) is 0 Å². The summed E-state index contributed by atoms with van der Waals surface area (Å²) in [5, 5.41) is 37.0. The van der Waals surface area contributed by atoms with Crippen LogP contribution in [-0.2, 0) is 25.6 Å². The van der Waals surface area contributed by atoms with E-state index in [9.17, 15) is 15.0 Å². The molecule has 1 aliphatic heterocycles. The molecule has 0 fully saturated rings. The second-order valence-electron chi connectivity index (χ2n) is 5.19. The fraction of sp³-hybridized carbons (Fsp3) is 0.438. The fourth-order valence-electron chi connectivity index (χ4n) is 2.05. The van der Waals surface area contributed by atoms with Gasteiger partial charge < -0.3 is 34.6 Å². The first kappa shape index (κ1) is 18.2. The average molecular weight is 340 g/mol. The van der Waals surface area contributed by atoms with E-state index in [-0.39, 0.29) is 24.7 Å². The number of carbonyl (C=O) groups excluding carboxylic acids is 1. The van der Waals surface area contributed by atoms with Crippen molar-refractivity contribution in [2.24, 2.45) is 0 Å². The number of hydrogen-bond donors (Lipinski definition) is 4. The molecule has 0 amide bonds. The van der Waals surface area contributed by atoms with Crippen LogP contribution in [0.15, 0.2) is 41.9 Å². The van der Waals surface area contributed by atoms with Crippen molar-refractivity contribution in [3.05, 3.63) is 47.4 Å². The zero-order valence-electron chi connectivity index (χ0n) is 12.9. The lowest BCUT2D eigenvalue weighted by atomic mass is 10.2. The Hall–Kier alpha value is -2.13. The van der Waals surface area contributed by atoms with E-state index in [1.807, 2.05) is 18.2 Å². The van der Waals surface area contributed by atoms with E-state index >= 15 is 0 Å². The van der Waals surface area contributed by atoms with Crippen molar-refractivity contribution < 1.29 is 39.4 Å². The quantitative estimate of drug-likeness (QED) is 0.425. The highest BCUT2D eigenvalue weighted by Crippen LogP contribution is 2.28. The van der Waals surface area contributed by atoms with Gasteiger partial charge in [-0.3, -0.25) is 0 Å². The van der Waals surface area contributed by atoms with E-state index in [0.29, 0.717) is 0 Å². The number of carbonyl (C=O) groups is 1. The lowest BCUT2D eigenvalue weighted by Gasteiger charge is -2.19. The molecule has 4 N–H and O–H groups in total. The third-order valence-corrected chi connectivity index (χ3v) is 3.31. The molecule has 0 aromatic heterocycles. The number of ether oxygens (including phenoxy) is 3. The molecule has 3 unspecified atom stereocenters. The molecule has 1 heterocycles. The van der Waals surface area contributed by atoms with Crippen molar-refractivity contribution in [1.29, 1.82) is 0 Å². The Kier molecular flexibility index (Phi) is 6.56. The molecule has 1 aliphatic rings. The van der Waals surface area contributed by atoms with E-state index in [0.717, 1.165) is 5.56 Å². The molecule has 24 heavy (non-hydrogen) atoms. The highest BCUT2D eigenvalue weighted by molar-refractivity contribution is 5.89. The van der Waals surface area contributed by atoms with Gasteiger partial charge >= 0.3 is 5.97 Å². The van der Waals surface area contributed by atoms with Gasteiger partial charge in [0.1, 0.15) is 25.4 Å². The van der Waals surface area contributed by atoms with E-state index in [4.69, 9.17) is 24.4 Å². The van der Waals surface area contributed by atoms with Gasteiger partial charge in [0.25, 0.3) is 0 Å². The Morgan fingerprint density at radius 1 is 1.08 bits per heavy atom.